The van der Waals surface area contributed by atoms with Crippen LogP contribution in [0, 0.1) is 5.92 Å². The number of ether oxygens (including phenoxy) is 1. The van der Waals surface area contributed by atoms with Crippen molar-refractivity contribution < 1.29 is 9.84 Å². The van der Waals surface area contributed by atoms with E-state index in [2.05, 4.69) is 19.2 Å². The molecule has 1 atom stereocenters. The summed E-state index contributed by atoms with van der Waals surface area (Å²) in [5, 5.41) is 13.2. The zero-order chi connectivity index (χ0) is 12.8. The fourth-order valence-corrected chi connectivity index (χ4v) is 1.79. The molecule has 0 fully saturated rings. The zero-order valence-corrected chi connectivity index (χ0v) is 11.3. The summed E-state index contributed by atoms with van der Waals surface area (Å²) < 4.78 is 5.09. The summed E-state index contributed by atoms with van der Waals surface area (Å²) in [4.78, 5) is 0. The fourth-order valence-electron chi connectivity index (χ4n) is 1.55. The Morgan fingerprint density at radius 3 is 2.59 bits per heavy atom. The van der Waals surface area contributed by atoms with Gasteiger partial charge in [0, 0.05) is 17.6 Å². The number of nitrogens with one attached hydrogen (secondary N) is 1. The van der Waals surface area contributed by atoms with Crippen LogP contribution in [0.2, 0.25) is 5.02 Å². The predicted octanol–water partition coefficient (Wildman–Crippen LogP) is 2.46. The monoisotopic (exact) mass is 257 g/mol. The van der Waals surface area contributed by atoms with E-state index in [4.69, 9.17) is 16.3 Å². The van der Waals surface area contributed by atoms with Crippen LogP contribution in [0.4, 0.5) is 0 Å². The molecule has 4 heteroatoms. The highest BCUT2D eigenvalue weighted by Gasteiger charge is 2.12. The zero-order valence-electron chi connectivity index (χ0n) is 10.5. The molecule has 1 rings (SSSR count). The normalized spacial score (nSPS) is 12.8. The topological polar surface area (TPSA) is 41.5 Å². The number of hydrogen-bond donors (Lipinski definition) is 2. The molecule has 1 aromatic rings. The van der Waals surface area contributed by atoms with Crippen molar-refractivity contribution in [2.75, 3.05) is 13.7 Å². The maximum absolute atomic E-state index is 9.21. The molecule has 3 nitrogen and oxygen atoms in total. The first kappa shape index (κ1) is 14.3. The summed E-state index contributed by atoms with van der Waals surface area (Å²) in [7, 11) is 1.62. The minimum Gasteiger partial charge on any atom is -0.497 e. The first-order valence-electron chi connectivity index (χ1n) is 5.75. The van der Waals surface area contributed by atoms with Crippen molar-refractivity contribution in [2.24, 2.45) is 5.92 Å². The largest absolute Gasteiger partial charge is 0.497 e. The van der Waals surface area contributed by atoms with E-state index in [9.17, 15) is 5.11 Å². The van der Waals surface area contributed by atoms with Crippen molar-refractivity contribution in [3.05, 3.63) is 28.8 Å². The molecule has 2 N–H and O–H groups in total. The summed E-state index contributed by atoms with van der Waals surface area (Å²) in [6.07, 6.45) is 0. The van der Waals surface area contributed by atoms with E-state index in [1.54, 1.807) is 13.2 Å². The molecule has 0 radical (unpaired) electrons. The van der Waals surface area contributed by atoms with Gasteiger partial charge in [-0.3, -0.25) is 0 Å². The Bertz CT molecular complexity index is 355. The first-order chi connectivity index (χ1) is 8.08. The Kier molecular flexibility index (Phi) is 5.75. The predicted molar refractivity (Wildman–Crippen MR) is 70.6 cm³/mol. The Hall–Kier alpha value is -0.770. The summed E-state index contributed by atoms with van der Waals surface area (Å²) >= 11 is 6.13. The van der Waals surface area contributed by atoms with E-state index in [0.717, 1.165) is 11.3 Å². The van der Waals surface area contributed by atoms with E-state index in [-0.39, 0.29) is 12.6 Å². The molecule has 0 amide bonds. The lowest BCUT2D eigenvalue weighted by atomic mass is 10.1. The van der Waals surface area contributed by atoms with E-state index < -0.39 is 0 Å². The smallest absolute Gasteiger partial charge is 0.120 e. The van der Waals surface area contributed by atoms with Gasteiger partial charge in [0.2, 0.25) is 0 Å². The second kappa shape index (κ2) is 6.84. The molecule has 1 unspecified atom stereocenters. The van der Waals surface area contributed by atoms with Crippen molar-refractivity contribution in [1.82, 2.24) is 5.32 Å². The lowest BCUT2D eigenvalue weighted by Crippen LogP contribution is -2.36. The van der Waals surface area contributed by atoms with Gasteiger partial charge in [-0.1, -0.05) is 31.5 Å². The number of rotatable bonds is 6. The van der Waals surface area contributed by atoms with Gasteiger partial charge in [0.1, 0.15) is 5.75 Å². The summed E-state index contributed by atoms with van der Waals surface area (Å²) in [5.41, 5.74) is 1.01. The molecule has 0 spiro atoms. The van der Waals surface area contributed by atoms with Gasteiger partial charge >= 0.3 is 0 Å². The Balaban J connectivity index is 2.63. The minimum atomic E-state index is 0.0909. The maximum atomic E-state index is 9.21. The van der Waals surface area contributed by atoms with Gasteiger partial charge in [-0.15, -0.1) is 0 Å². The Morgan fingerprint density at radius 2 is 2.12 bits per heavy atom. The van der Waals surface area contributed by atoms with Crippen LogP contribution in [-0.4, -0.2) is 24.9 Å². The average molecular weight is 258 g/mol. The van der Waals surface area contributed by atoms with E-state index in [1.807, 2.05) is 12.1 Å². The molecule has 0 bridgehead atoms. The molecule has 0 aliphatic carbocycles. The number of aliphatic hydroxyl groups excluding tert-OH is 1. The van der Waals surface area contributed by atoms with E-state index in [1.165, 1.54) is 0 Å². The highest BCUT2D eigenvalue weighted by molar-refractivity contribution is 6.31. The van der Waals surface area contributed by atoms with Crippen LogP contribution in [0.3, 0.4) is 0 Å². The number of halogens is 1. The molecule has 0 heterocycles. The van der Waals surface area contributed by atoms with Gasteiger partial charge in [-0.05, 0) is 23.6 Å². The Labute approximate surface area is 108 Å². The maximum Gasteiger partial charge on any atom is 0.120 e. The molecule has 0 aromatic heterocycles. The number of benzene rings is 1. The first-order valence-corrected chi connectivity index (χ1v) is 6.13. The molecule has 96 valence electrons. The van der Waals surface area contributed by atoms with Crippen molar-refractivity contribution in [1.29, 1.82) is 0 Å². The van der Waals surface area contributed by atoms with Crippen LogP contribution >= 0.6 is 11.6 Å². The highest BCUT2D eigenvalue weighted by Crippen LogP contribution is 2.22. The minimum absolute atomic E-state index is 0.0909. The molecule has 0 saturated heterocycles. The molecule has 0 aliphatic heterocycles. The SMILES string of the molecule is COc1ccc(CNC(CO)C(C)C)c(Cl)c1. The number of hydrogen-bond acceptors (Lipinski definition) is 3. The molecule has 17 heavy (non-hydrogen) atoms. The summed E-state index contributed by atoms with van der Waals surface area (Å²) in [6.45, 7) is 4.92. The van der Waals surface area contributed by atoms with Crippen molar-refractivity contribution >= 4 is 11.6 Å². The second-order valence-corrected chi connectivity index (χ2v) is 4.78. The molecular weight excluding hydrogens is 238 g/mol. The van der Waals surface area contributed by atoms with E-state index >= 15 is 0 Å². The van der Waals surface area contributed by atoms with Gasteiger partial charge in [-0.25, -0.2) is 0 Å². The van der Waals surface area contributed by atoms with Crippen molar-refractivity contribution in [3.63, 3.8) is 0 Å². The van der Waals surface area contributed by atoms with Crippen LogP contribution in [0.25, 0.3) is 0 Å². The van der Waals surface area contributed by atoms with Crippen molar-refractivity contribution in [3.8, 4) is 5.75 Å². The number of methoxy groups -OCH3 is 1. The standard InChI is InChI=1S/C13H20ClNO2/c1-9(2)13(8-16)15-7-10-4-5-11(17-3)6-12(10)14/h4-6,9,13,15-16H,7-8H2,1-3H3. The quantitative estimate of drug-likeness (QED) is 0.823. The molecule has 0 aliphatic rings. The van der Waals surface area contributed by atoms with Gasteiger partial charge in [0.25, 0.3) is 0 Å². The third-order valence-electron chi connectivity index (χ3n) is 2.82. The third kappa shape index (κ3) is 4.19. The summed E-state index contributed by atoms with van der Waals surface area (Å²) in [5.74, 6) is 1.14. The second-order valence-electron chi connectivity index (χ2n) is 4.37. The van der Waals surface area contributed by atoms with Gasteiger partial charge in [0.05, 0.1) is 13.7 Å². The van der Waals surface area contributed by atoms with Gasteiger partial charge < -0.3 is 15.2 Å². The van der Waals surface area contributed by atoms with Crippen molar-refractivity contribution in [2.45, 2.75) is 26.4 Å². The number of aliphatic hydroxyl groups is 1. The molecular formula is C13H20ClNO2. The lowest BCUT2D eigenvalue weighted by molar-refractivity contribution is 0.210. The van der Waals surface area contributed by atoms with Gasteiger partial charge in [0.15, 0.2) is 0 Å². The van der Waals surface area contributed by atoms with Crippen LogP contribution in [0.1, 0.15) is 19.4 Å². The molecule has 0 saturated carbocycles. The fraction of sp³-hybridized carbons (Fsp3) is 0.538. The third-order valence-corrected chi connectivity index (χ3v) is 3.17. The Morgan fingerprint density at radius 1 is 1.41 bits per heavy atom. The van der Waals surface area contributed by atoms with E-state index in [0.29, 0.717) is 17.5 Å². The average Bonchev–Trinajstić information content (AvgIpc) is 2.31. The van der Waals surface area contributed by atoms with Crippen LogP contribution < -0.4 is 10.1 Å². The van der Waals surface area contributed by atoms with Crippen LogP contribution in [0.15, 0.2) is 18.2 Å². The van der Waals surface area contributed by atoms with Gasteiger partial charge in [-0.2, -0.15) is 0 Å². The summed E-state index contributed by atoms with van der Waals surface area (Å²) in [6, 6.07) is 5.70. The molecule has 1 aromatic carbocycles. The lowest BCUT2D eigenvalue weighted by Gasteiger charge is -2.20. The van der Waals surface area contributed by atoms with Crippen LogP contribution in [-0.2, 0) is 6.54 Å². The van der Waals surface area contributed by atoms with Crippen LogP contribution in [0.5, 0.6) is 5.75 Å². The highest BCUT2D eigenvalue weighted by atomic mass is 35.5.